The van der Waals surface area contributed by atoms with Crippen LogP contribution in [0.2, 0.25) is 0 Å². The number of aromatic carboxylic acids is 1. The number of halogens is 1. The first kappa shape index (κ1) is 14.8. The van der Waals surface area contributed by atoms with E-state index in [4.69, 9.17) is 15.9 Å². The Morgan fingerprint density at radius 2 is 2.17 bits per heavy atom. The zero-order chi connectivity index (χ0) is 14.1. The van der Waals surface area contributed by atoms with Crippen molar-refractivity contribution < 1.29 is 22.7 Å². The molecule has 98 valence electrons. The fraction of sp³-hybridized carbons (Fsp3) is 0.300. The van der Waals surface area contributed by atoms with Crippen molar-refractivity contribution in [2.75, 3.05) is 0 Å². The van der Waals surface area contributed by atoms with Gasteiger partial charge in [0.15, 0.2) is 4.67 Å². The first-order valence-corrected chi connectivity index (χ1v) is 6.91. The standard InChI is InChI=1S/C10H10BrNO5S/c1-4-10(2,3)12-18(15,16)7-5-6(9(13)14)17-8(7)11/h1,5,12H,2-3H3,(H,13,14). The summed E-state index contributed by atoms with van der Waals surface area (Å²) < 4.78 is 30.8. The van der Waals surface area contributed by atoms with Crippen molar-refractivity contribution >= 4 is 31.9 Å². The monoisotopic (exact) mass is 335 g/mol. The Morgan fingerprint density at radius 3 is 2.56 bits per heavy atom. The van der Waals surface area contributed by atoms with Crippen LogP contribution < -0.4 is 4.72 Å². The molecule has 1 aromatic rings. The van der Waals surface area contributed by atoms with Gasteiger partial charge in [0.1, 0.15) is 4.90 Å². The molecule has 0 atom stereocenters. The molecular weight excluding hydrogens is 326 g/mol. The summed E-state index contributed by atoms with van der Waals surface area (Å²) in [6.45, 7) is 2.99. The van der Waals surface area contributed by atoms with E-state index < -0.39 is 27.3 Å². The highest BCUT2D eigenvalue weighted by Gasteiger charge is 2.29. The number of nitrogens with one attached hydrogen (secondary N) is 1. The molecule has 2 N–H and O–H groups in total. The van der Waals surface area contributed by atoms with Gasteiger partial charge < -0.3 is 9.52 Å². The van der Waals surface area contributed by atoms with Crippen molar-refractivity contribution in [3.05, 3.63) is 16.5 Å². The van der Waals surface area contributed by atoms with Gasteiger partial charge in [-0.1, -0.05) is 5.92 Å². The lowest BCUT2D eigenvalue weighted by Crippen LogP contribution is -2.41. The third-order valence-electron chi connectivity index (χ3n) is 1.91. The molecule has 0 saturated heterocycles. The van der Waals surface area contributed by atoms with Crippen LogP contribution in [0.15, 0.2) is 20.0 Å². The van der Waals surface area contributed by atoms with Gasteiger partial charge in [-0.2, -0.15) is 4.72 Å². The molecule has 0 bridgehead atoms. The van der Waals surface area contributed by atoms with Crippen LogP contribution in [0.3, 0.4) is 0 Å². The minimum Gasteiger partial charge on any atom is -0.475 e. The molecule has 0 fully saturated rings. The van der Waals surface area contributed by atoms with Crippen LogP contribution in [0.5, 0.6) is 0 Å². The van der Waals surface area contributed by atoms with Crippen molar-refractivity contribution in [1.29, 1.82) is 0 Å². The van der Waals surface area contributed by atoms with E-state index in [0.29, 0.717) is 0 Å². The third kappa shape index (κ3) is 3.13. The molecule has 0 aliphatic heterocycles. The van der Waals surface area contributed by atoms with Crippen LogP contribution in [-0.4, -0.2) is 25.0 Å². The fourth-order valence-electron chi connectivity index (χ4n) is 1.06. The summed E-state index contributed by atoms with van der Waals surface area (Å²) in [6, 6.07) is 0.904. The number of terminal acetylenes is 1. The molecule has 0 saturated carbocycles. The largest absolute Gasteiger partial charge is 0.475 e. The van der Waals surface area contributed by atoms with Gasteiger partial charge in [0, 0.05) is 6.07 Å². The number of hydrogen-bond donors (Lipinski definition) is 2. The van der Waals surface area contributed by atoms with E-state index in [1.165, 1.54) is 13.8 Å². The number of hydrogen-bond acceptors (Lipinski definition) is 4. The van der Waals surface area contributed by atoms with Crippen LogP contribution in [0.1, 0.15) is 24.4 Å². The van der Waals surface area contributed by atoms with Crippen LogP contribution in [-0.2, 0) is 10.0 Å². The Hall–Kier alpha value is -1.30. The molecule has 0 amide bonds. The second kappa shape index (κ2) is 4.76. The fourth-order valence-corrected chi connectivity index (χ4v) is 3.35. The second-order valence-electron chi connectivity index (χ2n) is 3.93. The predicted octanol–water partition coefficient (Wildman–Crippen LogP) is 1.43. The first-order chi connectivity index (χ1) is 8.09. The molecule has 1 rings (SSSR count). The maximum absolute atomic E-state index is 12.0. The molecular formula is C10H10BrNO5S. The highest BCUT2D eigenvalue weighted by molar-refractivity contribution is 9.10. The van der Waals surface area contributed by atoms with Gasteiger partial charge in [0.2, 0.25) is 15.8 Å². The van der Waals surface area contributed by atoms with Gasteiger partial charge in [-0.15, -0.1) is 6.42 Å². The Bertz CT molecular complexity index is 623. The highest BCUT2D eigenvalue weighted by Crippen LogP contribution is 2.26. The summed E-state index contributed by atoms with van der Waals surface area (Å²) in [5.41, 5.74) is -1.10. The van der Waals surface area contributed by atoms with Crippen molar-refractivity contribution in [2.45, 2.75) is 24.3 Å². The molecule has 0 aliphatic rings. The average molecular weight is 336 g/mol. The van der Waals surface area contributed by atoms with E-state index >= 15 is 0 Å². The van der Waals surface area contributed by atoms with Crippen molar-refractivity contribution in [3.63, 3.8) is 0 Å². The number of furan rings is 1. The molecule has 1 aromatic heterocycles. The topological polar surface area (TPSA) is 96.6 Å². The molecule has 0 unspecified atom stereocenters. The summed E-state index contributed by atoms with van der Waals surface area (Å²) in [7, 11) is -3.97. The van der Waals surface area contributed by atoms with Gasteiger partial charge in [0.25, 0.3) is 0 Å². The number of carboxylic acids is 1. The summed E-state index contributed by atoms with van der Waals surface area (Å²) >= 11 is 2.85. The summed E-state index contributed by atoms with van der Waals surface area (Å²) in [5, 5.41) is 8.70. The Labute approximate surface area is 113 Å². The van der Waals surface area contributed by atoms with Gasteiger partial charge in [-0.25, -0.2) is 13.2 Å². The van der Waals surface area contributed by atoms with Crippen LogP contribution in [0.25, 0.3) is 0 Å². The minimum atomic E-state index is -3.97. The molecule has 18 heavy (non-hydrogen) atoms. The van der Waals surface area contributed by atoms with E-state index in [-0.39, 0.29) is 9.56 Å². The van der Waals surface area contributed by atoms with E-state index in [2.05, 4.69) is 26.6 Å². The Kier molecular flexibility index (Phi) is 3.90. The number of carboxylic acid groups (broad SMARTS) is 1. The van der Waals surface area contributed by atoms with Crippen molar-refractivity contribution in [3.8, 4) is 12.3 Å². The van der Waals surface area contributed by atoms with Crippen LogP contribution in [0.4, 0.5) is 0 Å². The summed E-state index contributed by atoms with van der Waals surface area (Å²) in [5.74, 6) is 0.411. The van der Waals surface area contributed by atoms with Gasteiger partial charge in [0.05, 0.1) is 5.54 Å². The maximum atomic E-state index is 12.0. The molecule has 1 heterocycles. The van der Waals surface area contributed by atoms with Gasteiger partial charge in [-0.05, 0) is 29.8 Å². The molecule has 0 aromatic carbocycles. The van der Waals surface area contributed by atoms with Crippen LogP contribution >= 0.6 is 15.9 Å². The van der Waals surface area contributed by atoms with Crippen molar-refractivity contribution in [1.82, 2.24) is 4.72 Å². The van der Waals surface area contributed by atoms with E-state index in [1.54, 1.807) is 0 Å². The van der Waals surface area contributed by atoms with Gasteiger partial charge in [-0.3, -0.25) is 0 Å². The molecule has 6 nitrogen and oxygen atoms in total. The normalized spacial score (nSPS) is 12.1. The molecule has 0 spiro atoms. The third-order valence-corrected chi connectivity index (χ3v) is 4.42. The lowest BCUT2D eigenvalue weighted by atomic mass is 10.1. The van der Waals surface area contributed by atoms with E-state index in [1.807, 2.05) is 0 Å². The zero-order valence-corrected chi connectivity index (χ0v) is 11.9. The Balaban J connectivity index is 3.22. The first-order valence-electron chi connectivity index (χ1n) is 4.63. The van der Waals surface area contributed by atoms with E-state index in [9.17, 15) is 13.2 Å². The van der Waals surface area contributed by atoms with Crippen molar-refractivity contribution in [2.24, 2.45) is 0 Å². The second-order valence-corrected chi connectivity index (χ2v) is 6.30. The summed E-state index contributed by atoms with van der Waals surface area (Å²) in [4.78, 5) is 10.4. The number of rotatable bonds is 4. The maximum Gasteiger partial charge on any atom is 0.371 e. The highest BCUT2D eigenvalue weighted by atomic mass is 79.9. The minimum absolute atomic E-state index is 0.194. The summed E-state index contributed by atoms with van der Waals surface area (Å²) in [6.07, 6.45) is 5.18. The molecule has 8 heteroatoms. The average Bonchev–Trinajstić information content (AvgIpc) is 2.60. The van der Waals surface area contributed by atoms with E-state index in [0.717, 1.165) is 6.07 Å². The number of sulfonamides is 1. The lowest BCUT2D eigenvalue weighted by Gasteiger charge is -2.18. The van der Waals surface area contributed by atoms with Crippen LogP contribution in [0, 0.1) is 12.3 Å². The quantitative estimate of drug-likeness (QED) is 0.811. The zero-order valence-electron chi connectivity index (χ0n) is 9.52. The molecule has 0 aliphatic carbocycles. The number of carbonyl (C=O) groups is 1. The lowest BCUT2D eigenvalue weighted by molar-refractivity contribution is 0.0661. The van der Waals surface area contributed by atoms with Gasteiger partial charge >= 0.3 is 5.97 Å². The SMILES string of the molecule is C#CC(C)(C)NS(=O)(=O)c1cc(C(=O)O)oc1Br. The predicted molar refractivity (Wildman–Crippen MR) is 66.6 cm³/mol. The molecule has 0 radical (unpaired) electrons. The Morgan fingerprint density at radius 1 is 1.61 bits per heavy atom. The smallest absolute Gasteiger partial charge is 0.371 e.